The van der Waals surface area contributed by atoms with Crippen molar-refractivity contribution < 1.29 is 27.5 Å². The number of benzene rings is 1. The molecule has 0 radical (unpaired) electrons. The number of carbonyl (C=O) groups is 1. The van der Waals surface area contributed by atoms with Crippen LogP contribution in [0.3, 0.4) is 0 Å². The van der Waals surface area contributed by atoms with E-state index >= 15 is 0 Å². The van der Waals surface area contributed by atoms with Crippen LogP contribution in [0.25, 0.3) is 0 Å². The Morgan fingerprint density at radius 1 is 1.28 bits per heavy atom. The predicted octanol–water partition coefficient (Wildman–Crippen LogP) is 2.09. The van der Waals surface area contributed by atoms with Crippen LogP contribution in [0, 0.1) is 13.8 Å². The summed E-state index contributed by atoms with van der Waals surface area (Å²) in [6.45, 7) is 3.59. The summed E-state index contributed by atoms with van der Waals surface area (Å²) in [7, 11) is -2.48. The second-order valence-electron chi connectivity index (χ2n) is 5.59. The highest BCUT2D eigenvalue weighted by Crippen LogP contribution is 2.23. The number of ether oxygens (including phenoxy) is 1. The van der Waals surface area contributed by atoms with Gasteiger partial charge in [0.15, 0.2) is 0 Å². The molecule has 1 atom stereocenters. The summed E-state index contributed by atoms with van der Waals surface area (Å²) >= 11 is 0. The van der Waals surface area contributed by atoms with Crippen LogP contribution in [0.15, 0.2) is 39.6 Å². The Morgan fingerprint density at radius 2 is 1.92 bits per heavy atom. The molecule has 0 aliphatic rings. The Morgan fingerprint density at radius 3 is 2.44 bits per heavy atom. The van der Waals surface area contributed by atoms with Gasteiger partial charge in [-0.25, -0.2) is 17.9 Å². The van der Waals surface area contributed by atoms with E-state index in [1.807, 2.05) is 0 Å². The molecule has 2 N–H and O–H groups in total. The highest BCUT2D eigenvalue weighted by molar-refractivity contribution is 7.89. The number of furan rings is 1. The van der Waals surface area contributed by atoms with E-state index in [-0.39, 0.29) is 23.4 Å². The van der Waals surface area contributed by atoms with Crippen molar-refractivity contribution in [3.63, 3.8) is 0 Å². The molecule has 136 valence electrons. The van der Waals surface area contributed by atoms with Gasteiger partial charge in [-0.15, -0.1) is 0 Å². The van der Waals surface area contributed by atoms with Gasteiger partial charge in [-0.3, -0.25) is 0 Å². The van der Waals surface area contributed by atoms with Crippen molar-refractivity contribution in [2.24, 2.45) is 0 Å². The number of esters is 1. The Kier molecular flexibility index (Phi) is 5.99. The summed E-state index contributed by atoms with van der Waals surface area (Å²) in [4.78, 5) is 11.4. The lowest BCUT2D eigenvalue weighted by molar-refractivity contribution is 0.0600. The van der Waals surface area contributed by atoms with E-state index in [1.54, 1.807) is 19.9 Å². The summed E-state index contributed by atoms with van der Waals surface area (Å²) in [5.41, 5.74) is 0.918. The third kappa shape index (κ3) is 4.68. The van der Waals surface area contributed by atoms with E-state index in [4.69, 9.17) is 4.42 Å². The van der Waals surface area contributed by atoms with Gasteiger partial charge in [-0.05, 0) is 50.6 Å². The maximum absolute atomic E-state index is 12.2. The van der Waals surface area contributed by atoms with Gasteiger partial charge in [0.2, 0.25) is 10.0 Å². The molecule has 0 unspecified atom stereocenters. The van der Waals surface area contributed by atoms with E-state index in [2.05, 4.69) is 9.46 Å². The number of methoxy groups -OCH3 is 1. The van der Waals surface area contributed by atoms with Crippen LogP contribution in [-0.4, -0.2) is 33.1 Å². The van der Waals surface area contributed by atoms with Crippen LogP contribution in [-0.2, 0) is 14.8 Å². The molecule has 2 rings (SSSR count). The molecular weight excluding hydrogens is 346 g/mol. The van der Waals surface area contributed by atoms with Crippen LogP contribution in [0.5, 0.6) is 0 Å². The molecule has 2 aromatic rings. The number of rotatable bonds is 7. The lowest BCUT2D eigenvalue weighted by Gasteiger charge is -2.11. The number of aryl methyl sites for hydroxylation is 2. The molecule has 8 heteroatoms. The summed E-state index contributed by atoms with van der Waals surface area (Å²) in [6, 6.07) is 7.16. The molecule has 0 saturated heterocycles. The second-order valence-corrected chi connectivity index (χ2v) is 7.35. The van der Waals surface area contributed by atoms with E-state index in [1.165, 1.54) is 31.4 Å². The van der Waals surface area contributed by atoms with E-state index in [0.29, 0.717) is 17.1 Å². The summed E-state index contributed by atoms with van der Waals surface area (Å²) in [5.74, 6) is 0.773. The molecule has 0 spiro atoms. The number of nitrogens with one attached hydrogen (secondary N) is 1. The topological polar surface area (TPSA) is 106 Å². The van der Waals surface area contributed by atoms with Gasteiger partial charge in [0.1, 0.15) is 11.5 Å². The fraction of sp³-hybridized carbons (Fsp3) is 0.353. The van der Waals surface area contributed by atoms with Crippen LogP contribution >= 0.6 is 0 Å². The van der Waals surface area contributed by atoms with Crippen LogP contribution < -0.4 is 4.72 Å². The largest absolute Gasteiger partial charge is 0.466 e. The van der Waals surface area contributed by atoms with Crippen molar-refractivity contribution in [2.45, 2.75) is 31.3 Å². The van der Waals surface area contributed by atoms with E-state index < -0.39 is 22.1 Å². The minimum absolute atomic E-state index is 0.0324. The monoisotopic (exact) mass is 367 g/mol. The lowest BCUT2D eigenvalue weighted by atomic mass is 10.1. The Labute approximate surface area is 146 Å². The standard InChI is InChI=1S/C17H21NO6S/c1-11-10-15(12(2)24-11)16(19)8-9-18-25(21,22)14-6-4-13(5-7-14)17(20)23-3/h4-7,10,16,18-19H,8-9H2,1-3H3/t16-/m1/s1. The molecule has 1 heterocycles. The number of sulfonamides is 1. The molecule has 25 heavy (non-hydrogen) atoms. The number of aliphatic hydroxyl groups is 1. The third-order valence-electron chi connectivity index (χ3n) is 3.73. The van der Waals surface area contributed by atoms with Gasteiger partial charge in [0, 0.05) is 12.1 Å². The first kappa shape index (κ1) is 19.2. The van der Waals surface area contributed by atoms with Gasteiger partial charge in [0.05, 0.1) is 23.7 Å². The van der Waals surface area contributed by atoms with Crippen molar-refractivity contribution in [1.82, 2.24) is 4.72 Å². The Balaban J connectivity index is 1.97. The molecule has 7 nitrogen and oxygen atoms in total. The maximum atomic E-state index is 12.2. The highest BCUT2D eigenvalue weighted by atomic mass is 32.2. The SMILES string of the molecule is COC(=O)c1ccc(S(=O)(=O)NCC[C@@H](O)c2cc(C)oc2C)cc1. The van der Waals surface area contributed by atoms with Crippen molar-refractivity contribution in [1.29, 1.82) is 0 Å². The first-order chi connectivity index (χ1) is 11.7. The molecule has 0 amide bonds. The van der Waals surface area contributed by atoms with Crippen LogP contribution in [0.2, 0.25) is 0 Å². The fourth-order valence-electron chi connectivity index (χ4n) is 2.44. The highest BCUT2D eigenvalue weighted by Gasteiger charge is 2.18. The minimum Gasteiger partial charge on any atom is -0.466 e. The first-order valence-electron chi connectivity index (χ1n) is 7.67. The summed E-state index contributed by atoms with van der Waals surface area (Å²) < 4.78 is 36.8. The molecular formula is C17H21NO6S. The molecule has 0 aliphatic heterocycles. The molecule has 1 aromatic heterocycles. The second kappa shape index (κ2) is 7.81. The van der Waals surface area contributed by atoms with Crippen LogP contribution in [0.4, 0.5) is 0 Å². The molecule has 0 fully saturated rings. The molecule has 1 aromatic carbocycles. The molecule has 0 aliphatic carbocycles. The maximum Gasteiger partial charge on any atom is 0.337 e. The average molecular weight is 367 g/mol. The summed E-state index contributed by atoms with van der Waals surface area (Å²) in [5, 5.41) is 10.2. The minimum atomic E-state index is -3.73. The van der Waals surface area contributed by atoms with Gasteiger partial charge in [-0.1, -0.05) is 0 Å². The van der Waals surface area contributed by atoms with E-state index in [9.17, 15) is 18.3 Å². The zero-order valence-electron chi connectivity index (χ0n) is 14.3. The Hall–Kier alpha value is -2.16. The van der Waals surface area contributed by atoms with E-state index in [0.717, 1.165) is 0 Å². The molecule has 0 bridgehead atoms. The number of carbonyl (C=O) groups excluding carboxylic acids is 1. The number of hydrogen-bond donors (Lipinski definition) is 2. The zero-order chi connectivity index (χ0) is 18.6. The van der Waals surface area contributed by atoms with Gasteiger partial charge in [-0.2, -0.15) is 0 Å². The number of hydrogen-bond acceptors (Lipinski definition) is 6. The fourth-order valence-corrected chi connectivity index (χ4v) is 3.49. The van der Waals surface area contributed by atoms with Gasteiger partial charge < -0.3 is 14.3 Å². The predicted molar refractivity (Wildman–Crippen MR) is 90.7 cm³/mol. The van der Waals surface area contributed by atoms with Crippen LogP contribution in [0.1, 0.15) is 40.0 Å². The molecule has 0 saturated carbocycles. The van der Waals surface area contributed by atoms with Crippen molar-refractivity contribution >= 4 is 16.0 Å². The number of aliphatic hydroxyl groups excluding tert-OH is 1. The third-order valence-corrected chi connectivity index (χ3v) is 5.21. The van der Waals surface area contributed by atoms with Gasteiger partial charge >= 0.3 is 5.97 Å². The van der Waals surface area contributed by atoms with Crippen molar-refractivity contribution in [3.05, 3.63) is 53.0 Å². The normalized spacial score (nSPS) is 12.8. The summed E-state index contributed by atoms with van der Waals surface area (Å²) in [6.07, 6.45) is -0.610. The quantitative estimate of drug-likeness (QED) is 0.726. The zero-order valence-corrected chi connectivity index (χ0v) is 15.1. The lowest BCUT2D eigenvalue weighted by Crippen LogP contribution is -2.26. The Bertz CT molecular complexity index is 839. The average Bonchev–Trinajstić information content (AvgIpc) is 2.92. The van der Waals surface area contributed by atoms with Crippen molar-refractivity contribution in [2.75, 3.05) is 13.7 Å². The van der Waals surface area contributed by atoms with Gasteiger partial charge in [0.25, 0.3) is 0 Å². The van der Waals surface area contributed by atoms with Crippen molar-refractivity contribution in [3.8, 4) is 0 Å². The first-order valence-corrected chi connectivity index (χ1v) is 9.16. The smallest absolute Gasteiger partial charge is 0.337 e.